The van der Waals surface area contributed by atoms with Gasteiger partial charge in [0.05, 0.1) is 39.8 Å². The van der Waals surface area contributed by atoms with Crippen LogP contribution in [0.3, 0.4) is 0 Å². The van der Waals surface area contributed by atoms with E-state index in [1.54, 1.807) is 0 Å². The Morgan fingerprint density at radius 3 is 1.36 bits per heavy atom. The lowest BCUT2D eigenvalue weighted by molar-refractivity contribution is 0.477. The summed E-state index contributed by atoms with van der Waals surface area (Å²) in [7, 11) is 0. The molecule has 0 radical (unpaired) electrons. The van der Waals surface area contributed by atoms with Gasteiger partial charge < -0.3 is 19.1 Å². The van der Waals surface area contributed by atoms with Crippen molar-refractivity contribution in [2.45, 2.75) is 0 Å². The van der Waals surface area contributed by atoms with E-state index in [4.69, 9.17) is 13.5 Å². The first-order valence-corrected chi connectivity index (χ1v) is 25.2. The van der Waals surface area contributed by atoms with Gasteiger partial charge in [-0.2, -0.15) is 8.75 Å². The third kappa shape index (κ3) is 7.41. The first-order valence-electron chi connectivity index (χ1n) is 24.5. The number of hydrogen-bond acceptors (Lipinski definition) is 6. The molecule has 0 bridgehead atoms. The fourth-order valence-corrected chi connectivity index (χ4v) is 11.1. The fourth-order valence-electron chi connectivity index (χ4n) is 10.6. The highest BCUT2D eigenvalue weighted by molar-refractivity contribution is 7.00. The summed E-state index contributed by atoms with van der Waals surface area (Å²) < 4.78 is 18.8. The normalized spacial score (nSPS) is 11.9. The van der Waals surface area contributed by atoms with Gasteiger partial charge in [-0.25, -0.2) is 0 Å². The average Bonchev–Trinajstić information content (AvgIpc) is 4.10. The Kier molecular flexibility index (Phi) is 10.3. The minimum Gasteiger partial charge on any atom is -0.453 e. The standard InChI is InChI=1S/C66H43N5OS/c1-4-14-44(15-5-1)47-24-30-51(31-25-47)69(52-34-36-54(37-35-52)71-60-20-10-12-22-63(60)72-64-23-13-11-21-61(64)71)62-41-38-55(65-66(62)68-73-67-65)48-26-32-53(33-27-48)70-58-39-28-49(45-16-6-2-7-17-45)42-56(58)57-43-50(29-40-59(57)70)46-18-8-3-9-19-46/h1-43H. The molecule has 6 nitrogen and oxygen atoms in total. The van der Waals surface area contributed by atoms with Crippen molar-refractivity contribution in [3.8, 4) is 61.7 Å². The highest BCUT2D eigenvalue weighted by Crippen LogP contribution is 2.51. The Bertz CT molecular complexity index is 4010. The van der Waals surface area contributed by atoms with Crippen molar-refractivity contribution in [3.05, 3.63) is 261 Å². The Morgan fingerprint density at radius 1 is 0.356 bits per heavy atom. The van der Waals surface area contributed by atoms with Crippen LogP contribution in [0.2, 0.25) is 0 Å². The second-order valence-electron chi connectivity index (χ2n) is 18.3. The van der Waals surface area contributed by atoms with Crippen LogP contribution in [0.25, 0.3) is 83.0 Å². The summed E-state index contributed by atoms with van der Waals surface area (Å²) >= 11 is 1.25. The molecule has 0 aliphatic carbocycles. The van der Waals surface area contributed by atoms with Crippen LogP contribution in [0.15, 0.2) is 261 Å². The van der Waals surface area contributed by atoms with Crippen molar-refractivity contribution < 1.29 is 4.74 Å². The molecule has 13 aromatic rings. The summed E-state index contributed by atoms with van der Waals surface area (Å²) in [6.45, 7) is 0. The summed E-state index contributed by atoms with van der Waals surface area (Å²) in [4.78, 5) is 4.56. The maximum atomic E-state index is 6.35. The maximum absolute atomic E-state index is 6.35. The van der Waals surface area contributed by atoms with Gasteiger partial charge in [0.25, 0.3) is 0 Å². The number of ether oxygens (including phenoxy) is 1. The van der Waals surface area contributed by atoms with Gasteiger partial charge in [-0.05, 0) is 148 Å². The SMILES string of the molecule is c1ccc(-c2ccc(N(c3ccc(N4c5ccccc5Oc5ccccc54)cc3)c3ccc(-c4ccc(-n5c6ccc(-c7ccccc7)cc6c6cc(-c7ccccc7)ccc65)cc4)c4nsnc34)cc2)cc1. The molecule has 0 N–H and O–H groups in total. The zero-order chi connectivity index (χ0) is 48.2. The van der Waals surface area contributed by atoms with Gasteiger partial charge >= 0.3 is 0 Å². The van der Waals surface area contributed by atoms with Gasteiger partial charge in [0.2, 0.25) is 0 Å². The second kappa shape index (κ2) is 17.7. The largest absolute Gasteiger partial charge is 0.453 e. The van der Waals surface area contributed by atoms with E-state index in [1.165, 1.54) is 50.3 Å². The Labute approximate surface area is 426 Å². The molecule has 0 atom stereocenters. The van der Waals surface area contributed by atoms with Gasteiger partial charge in [0.15, 0.2) is 11.5 Å². The van der Waals surface area contributed by atoms with E-state index in [2.05, 4.69) is 251 Å². The van der Waals surface area contributed by atoms with Crippen LogP contribution in [0, 0.1) is 0 Å². The molecule has 0 fully saturated rings. The van der Waals surface area contributed by atoms with Gasteiger partial charge in [-0.1, -0.05) is 152 Å². The topological polar surface area (TPSA) is 46.4 Å². The van der Waals surface area contributed by atoms with Crippen LogP contribution >= 0.6 is 11.7 Å². The monoisotopic (exact) mass is 953 g/mol. The Balaban J connectivity index is 0.855. The molecule has 0 unspecified atom stereocenters. The minimum atomic E-state index is 0.820. The fraction of sp³-hybridized carbons (Fsp3) is 0. The van der Waals surface area contributed by atoms with E-state index >= 15 is 0 Å². The van der Waals surface area contributed by atoms with E-state index < -0.39 is 0 Å². The zero-order valence-electron chi connectivity index (χ0n) is 39.4. The second-order valence-corrected chi connectivity index (χ2v) is 18.8. The lowest BCUT2D eigenvalue weighted by Crippen LogP contribution is -2.16. The minimum absolute atomic E-state index is 0.820. The molecule has 344 valence electrons. The third-order valence-corrected chi connectivity index (χ3v) is 14.6. The van der Waals surface area contributed by atoms with Gasteiger partial charge in [0.1, 0.15) is 11.0 Å². The predicted octanol–water partition coefficient (Wildman–Crippen LogP) is 18.5. The van der Waals surface area contributed by atoms with Crippen LogP contribution in [-0.2, 0) is 0 Å². The lowest BCUT2D eigenvalue weighted by atomic mass is 10.0. The first-order chi connectivity index (χ1) is 36.2. The van der Waals surface area contributed by atoms with Crippen molar-refractivity contribution in [3.63, 3.8) is 0 Å². The van der Waals surface area contributed by atoms with E-state index in [0.717, 1.165) is 90.1 Å². The van der Waals surface area contributed by atoms with Crippen LogP contribution in [0.4, 0.5) is 34.1 Å². The van der Waals surface area contributed by atoms with Crippen molar-refractivity contribution in [2.75, 3.05) is 9.80 Å². The number of nitrogens with zero attached hydrogens (tertiary/aromatic N) is 5. The summed E-state index contributed by atoms with van der Waals surface area (Å²) in [6, 6.07) is 92.7. The number of para-hydroxylation sites is 4. The van der Waals surface area contributed by atoms with E-state index in [0.29, 0.717) is 0 Å². The molecular formula is C66H43N5OS. The number of benzene rings is 11. The quantitative estimate of drug-likeness (QED) is 0.144. The van der Waals surface area contributed by atoms with Crippen molar-refractivity contribution in [1.82, 2.24) is 13.3 Å². The molecule has 11 aromatic carbocycles. The molecule has 2 aromatic heterocycles. The van der Waals surface area contributed by atoms with Crippen molar-refractivity contribution >= 4 is 78.7 Å². The van der Waals surface area contributed by atoms with Crippen LogP contribution in [0.5, 0.6) is 11.5 Å². The number of aromatic nitrogens is 3. The van der Waals surface area contributed by atoms with Crippen LogP contribution < -0.4 is 14.5 Å². The summed E-state index contributed by atoms with van der Waals surface area (Å²) in [5.41, 5.74) is 20.3. The summed E-state index contributed by atoms with van der Waals surface area (Å²) in [6.07, 6.45) is 0. The highest BCUT2D eigenvalue weighted by atomic mass is 32.1. The maximum Gasteiger partial charge on any atom is 0.151 e. The van der Waals surface area contributed by atoms with E-state index in [9.17, 15) is 0 Å². The molecule has 1 aliphatic heterocycles. The molecule has 73 heavy (non-hydrogen) atoms. The zero-order valence-corrected chi connectivity index (χ0v) is 40.2. The molecule has 0 saturated heterocycles. The molecular weight excluding hydrogens is 911 g/mol. The molecule has 3 heterocycles. The lowest BCUT2D eigenvalue weighted by Gasteiger charge is -2.33. The Hall–Kier alpha value is -9.56. The molecule has 7 heteroatoms. The highest BCUT2D eigenvalue weighted by Gasteiger charge is 2.27. The number of anilines is 6. The van der Waals surface area contributed by atoms with Crippen molar-refractivity contribution in [2.24, 2.45) is 0 Å². The van der Waals surface area contributed by atoms with Gasteiger partial charge in [-0.3, -0.25) is 0 Å². The molecule has 0 saturated carbocycles. The van der Waals surface area contributed by atoms with Crippen molar-refractivity contribution in [1.29, 1.82) is 0 Å². The van der Waals surface area contributed by atoms with Gasteiger partial charge in [0, 0.05) is 39.1 Å². The average molecular weight is 954 g/mol. The van der Waals surface area contributed by atoms with E-state index in [-0.39, 0.29) is 0 Å². The molecule has 1 aliphatic rings. The molecule has 14 rings (SSSR count). The van der Waals surface area contributed by atoms with Gasteiger partial charge in [-0.15, -0.1) is 0 Å². The first kappa shape index (κ1) is 42.3. The van der Waals surface area contributed by atoms with E-state index in [1.807, 2.05) is 24.3 Å². The Morgan fingerprint density at radius 2 is 0.795 bits per heavy atom. The summed E-state index contributed by atoms with van der Waals surface area (Å²) in [5, 5.41) is 2.43. The third-order valence-electron chi connectivity index (χ3n) is 14.1. The molecule has 0 amide bonds. The summed E-state index contributed by atoms with van der Waals surface area (Å²) in [5.74, 6) is 1.64. The predicted molar refractivity (Wildman–Crippen MR) is 303 cm³/mol. The molecule has 0 spiro atoms. The van der Waals surface area contributed by atoms with Crippen LogP contribution in [0.1, 0.15) is 0 Å². The number of rotatable bonds is 9. The smallest absolute Gasteiger partial charge is 0.151 e. The number of hydrogen-bond donors (Lipinski definition) is 0. The van der Waals surface area contributed by atoms with Crippen LogP contribution in [-0.4, -0.2) is 13.3 Å². The number of fused-ring (bicyclic) bond motifs is 6.